The zero-order chi connectivity index (χ0) is 20.1. The molecule has 0 bridgehead atoms. The summed E-state index contributed by atoms with van der Waals surface area (Å²) in [6.07, 6.45) is 5.29. The summed E-state index contributed by atoms with van der Waals surface area (Å²) >= 11 is 1.66. The topological polar surface area (TPSA) is 34.5 Å². The third kappa shape index (κ3) is 2.86. The Balaban J connectivity index is 1.58. The Hall–Kier alpha value is -2.40. The van der Waals surface area contributed by atoms with Crippen molar-refractivity contribution in [3.8, 4) is 5.75 Å². The standard InChI is InChI=1S/C24H26N2O2S/c1-15-7-10-20-19(13-15)17-5-4-6-21-23(17)25(20)11-12-26(21)24(27)18-9-8-16(29-3)14-22(18)28-2/h7-10,13-14,21H,4-6,11-12H2,1-3H3/t21-/m1/s1. The van der Waals surface area contributed by atoms with Gasteiger partial charge in [-0.3, -0.25) is 4.79 Å². The smallest absolute Gasteiger partial charge is 0.258 e. The number of rotatable bonds is 3. The highest BCUT2D eigenvalue weighted by Crippen LogP contribution is 2.43. The molecule has 1 aromatic heterocycles. The van der Waals surface area contributed by atoms with Gasteiger partial charge in [-0.2, -0.15) is 0 Å². The van der Waals surface area contributed by atoms with Crippen molar-refractivity contribution >= 4 is 28.6 Å². The minimum atomic E-state index is 0.0834. The third-order valence-electron chi connectivity index (χ3n) is 6.43. The second kappa shape index (κ2) is 7.13. The van der Waals surface area contributed by atoms with Crippen molar-refractivity contribution in [3.63, 3.8) is 0 Å². The summed E-state index contributed by atoms with van der Waals surface area (Å²) in [6, 6.07) is 12.8. The fourth-order valence-corrected chi connectivity index (χ4v) is 5.52. The summed E-state index contributed by atoms with van der Waals surface area (Å²) in [5, 5.41) is 1.38. The normalized spacial score (nSPS) is 18.0. The number of hydrogen-bond acceptors (Lipinski definition) is 3. The Morgan fingerprint density at radius 3 is 2.83 bits per heavy atom. The molecule has 1 aliphatic heterocycles. The molecule has 5 rings (SSSR count). The Bertz CT molecular complexity index is 1120. The van der Waals surface area contributed by atoms with E-state index >= 15 is 0 Å². The maximum atomic E-state index is 13.6. The predicted molar refractivity (Wildman–Crippen MR) is 118 cm³/mol. The van der Waals surface area contributed by atoms with E-state index in [0.29, 0.717) is 11.3 Å². The van der Waals surface area contributed by atoms with E-state index < -0.39 is 0 Å². The van der Waals surface area contributed by atoms with Crippen molar-refractivity contribution < 1.29 is 9.53 Å². The number of aryl methyl sites for hydroxylation is 2. The van der Waals surface area contributed by atoms with Gasteiger partial charge in [-0.05, 0) is 68.3 Å². The number of amides is 1. The molecule has 0 saturated heterocycles. The van der Waals surface area contributed by atoms with Gasteiger partial charge < -0.3 is 14.2 Å². The number of carbonyl (C=O) groups is 1. The molecule has 0 saturated carbocycles. The lowest BCUT2D eigenvalue weighted by molar-refractivity contribution is 0.0598. The van der Waals surface area contributed by atoms with Gasteiger partial charge in [0, 0.05) is 34.6 Å². The molecule has 2 heterocycles. The second-order valence-corrected chi connectivity index (χ2v) is 8.89. The van der Waals surface area contributed by atoms with Crippen LogP contribution in [0.3, 0.4) is 0 Å². The maximum Gasteiger partial charge on any atom is 0.258 e. The van der Waals surface area contributed by atoms with Gasteiger partial charge >= 0.3 is 0 Å². The molecule has 0 N–H and O–H groups in total. The van der Waals surface area contributed by atoms with Crippen LogP contribution in [0.2, 0.25) is 0 Å². The predicted octanol–water partition coefficient (Wildman–Crippen LogP) is 5.21. The van der Waals surface area contributed by atoms with Crippen LogP contribution in [0, 0.1) is 6.92 Å². The minimum absolute atomic E-state index is 0.0834. The first-order valence-electron chi connectivity index (χ1n) is 10.3. The van der Waals surface area contributed by atoms with Crippen LogP contribution in [0.4, 0.5) is 0 Å². The van der Waals surface area contributed by atoms with Crippen molar-refractivity contribution in [2.24, 2.45) is 0 Å². The van der Waals surface area contributed by atoms with Crippen LogP contribution in [-0.2, 0) is 13.0 Å². The van der Waals surface area contributed by atoms with Crippen LogP contribution in [-0.4, -0.2) is 35.3 Å². The largest absolute Gasteiger partial charge is 0.496 e. The number of methoxy groups -OCH3 is 1. The third-order valence-corrected chi connectivity index (χ3v) is 7.15. The fraction of sp³-hybridized carbons (Fsp3) is 0.375. The molecule has 2 aromatic carbocycles. The Labute approximate surface area is 175 Å². The van der Waals surface area contributed by atoms with Crippen molar-refractivity contribution in [3.05, 3.63) is 58.8 Å². The first kappa shape index (κ1) is 18.6. The molecule has 0 fully saturated rings. The zero-order valence-corrected chi connectivity index (χ0v) is 18.0. The number of aromatic nitrogens is 1. The monoisotopic (exact) mass is 406 g/mol. The summed E-state index contributed by atoms with van der Waals surface area (Å²) in [5.74, 6) is 0.750. The molecule has 1 aliphatic carbocycles. The van der Waals surface area contributed by atoms with Crippen LogP contribution < -0.4 is 4.74 Å². The first-order chi connectivity index (χ1) is 14.1. The highest BCUT2D eigenvalue weighted by Gasteiger charge is 2.37. The summed E-state index contributed by atoms with van der Waals surface area (Å²) in [7, 11) is 1.64. The molecule has 1 atom stereocenters. The van der Waals surface area contributed by atoms with E-state index in [1.165, 1.54) is 27.7 Å². The van der Waals surface area contributed by atoms with Gasteiger partial charge in [0.15, 0.2) is 0 Å². The average molecular weight is 407 g/mol. The van der Waals surface area contributed by atoms with E-state index in [2.05, 4.69) is 34.6 Å². The zero-order valence-electron chi connectivity index (χ0n) is 17.2. The van der Waals surface area contributed by atoms with E-state index in [9.17, 15) is 4.79 Å². The molecule has 2 aliphatic rings. The van der Waals surface area contributed by atoms with Gasteiger partial charge in [0.1, 0.15) is 5.75 Å². The van der Waals surface area contributed by atoms with Crippen molar-refractivity contribution in [2.45, 2.75) is 43.7 Å². The van der Waals surface area contributed by atoms with Crippen LogP contribution in [0.25, 0.3) is 10.9 Å². The van der Waals surface area contributed by atoms with Crippen LogP contribution >= 0.6 is 11.8 Å². The van der Waals surface area contributed by atoms with E-state index in [-0.39, 0.29) is 11.9 Å². The van der Waals surface area contributed by atoms with Gasteiger partial charge in [-0.25, -0.2) is 0 Å². The number of ether oxygens (including phenoxy) is 1. The van der Waals surface area contributed by atoms with Crippen LogP contribution in [0.5, 0.6) is 5.75 Å². The quantitative estimate of drug-likeness (QED) is 0.560. The van der Waals surface area contributed by atoms with E-state index in [0.717, 1.165) is 37.2 Å². The van der Waals surface area contributed by atoms with Gasteiger partial charge in [0.2, 0.25) is 0 Å². The SMILES string of the molecule is COc1cc(SC)ccc1C(=O)N1CCn2c3c(c4cc(C)ccc42)CCC[C@H]31. The van der Waals surface area contributed by atoms with Crippen molar-refractivity contribution in [1.82, 2.24) is 9.47 Å². The number of fused-ring (bicyclic) bond motifs is 3. The second-order valence-electron chi connectivity index (χ2n) is 8.01. The number of hydrogen-bond donors (Lipinski definition) is 0. The average Bonchev–Trinajstić information content (AvgIpc) is 3.07. The van der Waals surface area contributed by atoms with Gasteiger partial charge in [-0.15, -0.1) is 11.8 Å². The number of carbonyl (C=O) groups excluding carboxylic acids is 1. The lowest BCUT2D eigenvalue weighted by Crippen LogP contribution is -2.43. The van der Waals surface area contributed by atoms with Crippen LogP contribution in [0.15, 0.2) is 41.3 Å². The van der Waals surface area contributed by atoms with Gasteiger partial charge in [0.25, 0.3) is 5.91 Å². The lowest BCUT2D eigenvalue weighted by Gasteiger charge is -2.40. The minimum Gasteiger partial charge on any atom is -0.496 e. The van der Waals surface area contributed by atoms with Crippen molar-refractivity contribution in [1.29, 1.82) is 0 Å². The fourth-order valence-electron chi connectivity index (χ4n) is 5.09. The molecular formula is C24H26N2O2S. The molecule has 4 nitrogen and oxygen atoms in total. The Kier molecular flexibility index (Phi) is 4.58. The van der Waals surface area contributed by atoms with Crippen LogP contribution in [0.1, 0.15) is 46.1 Å². The highest BCUT2D eigenvalue weighted by atomic mass is 32.2. The molecule has 3 aromatic rings. The number of benzene rings is 2. The summed E-state index contributed by atoms with van der Waals surface area (Å²) < 4.78 is 8.04. The maximum absolute atomic E-state index is 13.6. The molecule has 0 spiro atoms. The molecule has 1 amide bonds. The molecule has 0 radical (unpaired) electrons. The van der Waals surface area contributed by atoms with Gasteiger partial charge in [-0.1, -0.05) is 11.6 Å². The molecule has 29 heavy (non-hydrogen) atoms. The molecule has 0 unspecified atom stereocenters. The highest BCUT2D eigenvalue weighted by molar-refractivity contribution is 7.98. The molecular weight excluding hydrogens is 380 g/mol. The summed E-state index contributed by atoms with van der Waals surface area (Å²) in [6.45, 7) is 3.74. The number of thioether (sulfide) groups is 1. The van der Waals surface area contributed by atoms with E-state index in [4.69, 9.17) is 4.74 Å². The van der Waals surface area contributed by atoms with E-state index in [1.807, 2.05) is 24.5 Å². The number of nitrogens with zero attached hydrogens (tertiary/aromatic N) is 2. The lowest BCUT2D eigenvalue weighted by atomic mass is 9.89. The van der Waals surface area contributed by atoms with E-state index in [1.54, 1.807) is 18.9 Å². The Morgan fingerprint density at radius 1 is 1.17 bits per heavy atom. The first-order valence-corrected chi connectivity index (χ1v) is 11.5. The van der Waals surface area contributed by atoms with Gasteiger partial charge in [0.05, 0.1) is 18.7 Å². The summed E-state index contributed by atoms with van der Waals surface area (Å²) in [4.78, 5) is 16.8. The molecule has 5 heteroatoms. The molecule has 150 valence electrons. The summed E-state index contributed by atoms with van der Waals surface area (Å²) in [5.41, 5.74) is 6.09. The van der Waals surface area contributed by atoms with Crippen molar-refractivity contribution in [2.75, 3.05) is 19.9 Å². The Morgan fingerprint density at radius 2 is 2.03 bits per heavy atom.